The summed E-state index contributed by atoms with van der Waals surface area (Å²) in [6.07, 6.45) is 1.41. The smallest absolute Gasteiger partial charge is 0.292 e. The molecule has 8 heteroatoms. The summed E-state index contributed by atoms with van der Waals surface area (Å²) in [6.45, 7) is 2.95. The summed E-state index contributed by atoms with van der Waals surface area (Å²) in [5.74, 6) is -0.156. The van der Waals surface area contributed by atoms with E-state index in [1.807, 2.05) is 0 Å². The molecule has 1 amide bonds. The number of rotatable bonds is 3. The van der Waals surface area contributed by atoms with Gasteiger partial charge in [0.2, 0.25) is 5.76 Å². The number of benzene rings is 1. The molecule has 6 nitrogen and oxygen atoms in total. The van der Waals surface area contributed by atoms with Gasteiger partial charge < -0.3 is 14.2 Å². The monoisotopic (exact) mass is 361 g/mol. The number of hydrogen-bond acceptors (Lipinski definition) is 6. The third kappa shape index (κ3) is 3.34. The maximum Gasteiger partial charge on any atom is 0.292 e. The number of halogens is 1. The molecular weight excluding hydrogens is 345 g/mol. The van der Waals surface area contributed by atoms with Gasteiger partial charge in [0.15, 0.2) is 0 Å². The van der Waals surface area contributed by atoms with Crippen LogP contribution < -0.4 is 4.74 Å². The molecule has 3 aromatic rings. The molecule has 3 heterocycles. The summed E-state index contributed by atoms with van der Waals surface area (Å²) in [6, 6.07) is 6.14. The first-order chi connectivity index (χ1) is 12.1. The minimum atomic E-state index is -0.280. The molecule has 0 saturated carbocycles. The van der Waals surface area contributed by atoms with E-state index in [0.29, 0.717) is 36.8 Å². The quantitative estimate of drug-likeness (QED) is 0.715. The van der Waals surface area contributed by atoms with Crippen LogP contribution in [0.15, 0.2) is 28.8 Å². The molecule has 0 radical (unpaired) electrons. The Balaban J connectivity index is 1.37. The van der Waals surface area contributed by atoms with Gasteiger partial charge in [0.1, 0.15) is 11.9 Å². The SMILES string of the molecule is Cc1cc(C(=O)N2CCC(Oc3nc4ccc(F)cc4s3)CC2)on1. The Morgan fingerprint density at radius 1 is 1.36 bits per heavy atom. The minimum absolute atomic E-state index is 0.00841. The van der Waals surface area contributed by atoms with Crippen molar-refractivity contribution in [2.24, 2.45) is 0 Å². The highest BCUT2D eigenvalue weighted by Crippen LogP contribution is 2.30. The molecule has 1 saturated heterocycles. The molecule has 0 N–H and O–H groups in total. The highest BCUT2D eigenvalue weighted by atomic mass is 32.1. The maximum atomic E-state index is 13.3. The standard InChI is InChI=1S/C17H16FN3O3S/c1-10-8-14(24-20-10)16(22)21-6-4-12(5-7-21)23-17-19-13-3-2-11(18)9-15(13)25-17/h2-3,8-9,12H,4-7H2,1H3. The normalized spacial score (nSPS) is 15.7. The van der Waals surface area contributed by atoms with E-state index < -0.39 is 0 Å². The molecule has 1 aliphatic heterocycles. The Morgan fingerprint density at radius 3 is 2.88 bits per heavy atom. The first-order valence-electron chi connectivity index (χ1n) is 8.04. The van der Waals surface area contributed by atoms with Crippen LogP contribution in [0.2, 0.25) is 0 Å². The second-order valence-corrected chi connectivity index (χ2v) is 7.03. The van der Waals surface area contributed by atoms with Gasteiger partial charge in [-0.15, -0.1) is 0 Å². The molecule has 0 unspecified atom stereocenters. The number of ether oxygens (including phenoxy) is 1. The van der Waals surface area contributed by atoms with Crippen LogP contribution in [-0.2, 0) is 0 Å². The van der Waals surface area contributed by atoms with Crippen molar-refractivity contribution in [2.75, 3.05) is 13.1 Å². The van der Waals surface area contributed by atoms with Crippen molar-refractivity contribution < 1.29 is 18.4 Å². The fraction of sp³-hybridized carbons (Fsp3) is 0.353. The molecular formula is C17H16FN3O3S. The third-order valence-electron chi connectivity index (χ3n) is 4.17. The lowest BCUT2D eigenvalue weighted by Gasteiger charge is -2.30. The van der Waals surface area contributed by atoms with E-state index in [1.54, 1.807) is 24.0 Å². The van der Waals surface area contributed by atoms with Gasteiger partial charge in [0, 0.05) is 32.0 Å². The lowest BCUT2D eigenvalue weighted by molar-refractivity contribution is 0.0558. The van der Waals surface area contributed by atoms with E-state index in [4.69, 9.17) is 9.26 Å². The molecule has 1 aromatic carbocycles. The van der Waals surface area contributed by atoms with Gasteiger partial charge in [-0.1, -0.05) is 16.5 Å². The zero-order chi connectivity index (χ0) is 17.4. The molecule has 2 aromatic heterocycles. The molecule has 0 aliphatic carbocycles. The Kier molecular flexibility index (Phi) is 4.12. The predicted octanol–water partition coefficient (Wildman–Crippen LogP) is 3.42. The fourth-order valence-electron chi connectivity index (χ4n) is 2.87. The van der Waals surface area contributed by atoms with Gasteiger partial charge >= 0.3 is 0 Å². The van der Waals surface area contributed by atoms with E-state index in [9.17, 15) is 9.18 Å². The molecule has 0 atom stereocenters. The number of piperidine rings is 1. The van der Waals surface area contributed by atoms with Gasteiger partial charge in [-0.3, -0.25) is 4.79 Å². The topological polar surface area (TPSA) is 68.5 Å². The van der Waals surface area contributed by atoms with E-state index in [-0.39, 0.29) is 23.6 Å². The number of fused-ring (bicyclic) bond motifs is 1. The lowest BCUT2D eigenvalue weighted by atomic mass is 10.1. The highest BCUT2D eigenvalue weighted by Gasteiger charge is 2.27. The van der Waals surface area contributed by atoms with Crippen LogP contribution in [0.25, 0.3) is 10.2 Å². The zero-order valence-electron chi connectivity index (χ0n) is 13.6. The number of aromatic nitrogens is 2. The van der Waals surface area contributed by atoms with E-state index >= 15 is 0 Å². The summed E-state index contributed by atoms with van der Waals surface area (Å²) < 4.78 is 25.0. The number of likely N-dealkylation sites (tertiary alicyclic amines) is 1. The second-order valence-electron chi connectivity index (χ2n) is 6.03. The molecule has 1 aliphatic rings. The van der Waals surface area contributed by atoms with Crippen LogP contribution in [0, 0.1) is 12.7 Å². The lowest BCUT2D eigenvalue weighted by Crippen LogP contribution is -2.41. The number of nitrogens with zero attached hydrogens (tertiary/aromatic N) is 3. The number of amides is 1. The maximum absolute atomic E-state index is 13.3. The molecule has 1 fully saturated rings. The average Bonchev–Trinajstić information content (AvgIpc) is 3.20. The van der Waals surface area contributed by atoms with Crippen molar-refractivity contribution in [3.05, 3.63) is 41.5 Å². The van der Waals surface area contributed by atoms with Crippen LogP contribution in [0.3, 0.4) is 0 Å². The van der Waals surface area contributed by atoms with Crippen molar-refractivity contribution in [1.82, 2.24) is 15.0 Å². The first kappa shape index (κ1) is 16.0. The summed E-state index contributed by atoms with van der Waals surface area (Å²) in [7, 11) is 0. The van der Waals surface area contributed by atoms with Crippen LogP contribution in [-0.4, -0.2) is 40.1 Å². The second kappa shape index (κ2) is 6.44. The van der Waals surface area contributed by atoms with Crippen molar-refractivity contribution in [3.8, 4) is 5.19 Å². The minimum Gasteiger partial charge on any atom is -0.467 e. The molecule has 25 heavy (non-hydrogen) atoms. The fourth-order valence-corrected chi connectivity index (χ4v) is 3.77. The Bertz CT molecular complexity index is 915. The average molecular weight is 361 g/mol. The van der Waals surface area contributed by atoms with E-state index in [2.05, 4.69) is 10.1 Å². The number of thiazole rings is 1. The highest BCUT2D eigenvalue weighted by molar-refractivity contribution is 7.20. The summed E-state index contributed by atoms with van der Waals surface area (Å²) in [4.78, 5) is 18.5. The van der Waals surface area contributed by atoms with E-state index in [0.717, 1.165) is 10.2 Å². The zero-order valence-corrected chi connectivity index (χ0v) is 14.4. The van der Waals surface area contributed by atoms with Gasteiger partial charge in [-0.2, -0.15) is 0 Å². The molecule has 0 spiro atoms. The van der Waals surface area contributed by atoms with Crippen molar-refractivity contribution in [3.63, 3.8) is 0 Å². The van der Waals surface area contributed by atoms with Crippen molar-refractivity contribution in [2.45, 2.75) is 25.9 Å². The summed E-state index contributed by atoms with van der Waals surface area (Å²) >= 11 is 1.33. The number of carbonyl (C=O) groups is 1. The van der Waals surface area contributed by atoms with Crippen molar-refractivity contribution >= 4 is 27.5 Å². The summed E-state index contributed by atoms with van der Waals surface area (Å²) in [5.41, 5.74) is 1.42. The van der Waals surface area contributed by atoms with Crippen LogP contribution >= 0.6 is 11.3 Å². The number of hydrogen-bond donors (Lipinski definition) is 0. The molecule has 0 bridgehead atoms. The first-order valence-corrected chi connectivity index (χ1v) is 8.85. The molecule has 4 rings (SSSR count). The Labute approximate surface area is 147 Å². The van der Waals surface area contributed by atoms with Gasteiger partial charge in [-0.25, -0.2) is 9.37 Å². The van der Waals surface area contributed by atoms with Gasteiger partial charge in [-0.05, 0) is 25.1 Å². The third-order valence-corrected chi connectivity index (χ3v) is 5.08. The largest absolute Gasteiger partial charge is 0.467 e. The van der Waals surface area contributed by atoms with Gasteiger partial charge in [0.05, 0.1) is 15.9 Å². The predicted molar refractivity (Wildman–Crippen MR) is 90.4 cm³/mol. The van der Waals surface area contributed by atoms with Crippen LogP contribution in [0.4, 0.5) is 4.39 Å². The summed E-state index contributed by atoms with van der Waals surface area (Å²) in [5, 5.41) is 4.29. The van der Waals surface area contributed by atoms with Crippen LogP contribution in [0.1, 0.15) is 29.1 Å². The number of carbonyl (C=O) groups excluding carboxylic acids is 1. The van der Waals surface area contributed by atoms with Crippen LogP contribution in [0.5, 0.6) is 5.19 Å². The van der Waals surface area contributed by atoms with Gasteiger partial charge in [0.25, 0.3) is 11.1 Å². The van der Waals surface area contributed by atoms with E-state index in [1.165, 1.54) is 23.5 Å². The molecule has 130 valence electrons. The Morgan fingerprint density at radius 2 is 2.16 bits per heavy atom. The number of aryl methyl sites for hydroxylation is 1. The Hall–Kier alpha value is -2.48. The van der Waals surface area contributed by atoms with Crippen molar-refractivity contribution in [1.29, 1.82) is 0 Å².